The third-order valence-electron chi connectivity index (χ3n) is 3.14. The molecule has 0 aliphatic rings. The van der Waals surface area contributed by atoms with Gasteiger partial charge in [-0.2, -0.15) is 0 Å². The van der Waals surface area contributed by atoms with E-state index in [2.05, 4.69) is 4.98 Å². The van der Waals surface area contributed by atoms with Crippen LogP contribution >= 0.6 is 0 Å². The molecule has 0 aliphatic heterocycles. The maximum atomic E-state index is 12.1. The Kier molecular flexibility index (Phi) is 4.31. The third-order valence-corrected chi connectivity index (χ3v) is 3.14. The quantitative estimate of drug-likeness (QED) is 0.406. The Bertz CT molecular complexity index is 817. The van der Waals surface area contributed by atoms with Crippen LogP contribution in [0.15, 0.2) is 41.2 Å². The molecule has 1 heterocycles. The number of hydrogen-bond acceptors (Lipinski definition) is 4. The predicted octanol–water partition coefficient (Wildman–Crippen LogP) is 2.80. The summed E-state index contributed by atoms with van der Waals surface area (Å²) in [5, 5.41) is 10.6. The summed E-state index contributed by atoms with van der Waals surface area (Å²) in [4.78, 5) is 36.6. The second-order valence-electron chi connectivity index (χ2n) is 4.89. The summed E-state index contributed by atoms with van der Waals surface area (Å²) in [5.41, 5.74) is 1.60. The fraction of sp³-hybridized carbons (Fsp3) is 0.125. The lowest BCUT2D eigenvalue weighted by molar-refractivity contribution is -0.384. The number of rotatable bonds is 4. The Morgan fingerprint density at radius 1 is 1.23 bits per heavy atom. The Hall–Kier alpha value is -3.02. The van der Waals surface area contributed by atoms with Crippen LogP contribution in [-0.4, -0.2) is 15.7 Å². The number of nitro groups is 1. The van der Waals surface area contributed by atoms with Crippen LogP contribution < -0.4 is 5.56 Å². The fourth-order valence-corrected chi connectivity index (χ4v) is 2.12. The van der Waals surface area contributed by atoms with Gasteiger partial charge in [0.05, 0.1) is 10.5 Å². The van der Waals surface area contributed by atoms with Crippen LogP contribution in [0.5, 0.6) is 0 Å². The highest BCUT2D eigenvalue weighted by Crippen LogP contribution is 2.13. The average Bonchev–Trinajstić information content (AvgIpc) is 2.44. The number of non-ortho nitro benzene ring substituents is 1. The number of nitro benzene ring substituents is 1. The van der Waals surface area contributed by atoms with Gasteiger partial charge in [0.2, 0.25) is 0 Å². The molecule has 1 N–H and O–H groups in total. The number of aryl methyl sites for hydroxylation is 2. The topological polar surface area (TPSA) is 93.1 Å². The van der Waals surface area contributed by atoms with Crippen LogP contribution in [-0.2, 0) is 0 Å². The Morgan fingerprint density at radius 2 is 1.86 bits per heavy atom. The van der Waals surface area contributed by atoms with Crippen molar-refractivity contribution in [1.82, 2.24) is 4.98 Å². The van der Waals surface area contributed by atoms with Crippen LogP contribution in [0.25, 0.3) is 6.08 Å². The second-order valence-corrected chi connectivity index (χ2v) is 4.89. The van der Waals surface area contributed by atoms with Crippen molar-refractivity contribution in [3.8, 4) is 0 Å². The number of aromatic nitrogens is 1. The Morgan fingerprint density at radius 3 is 2.41 bits per heavy atom. The number of pyridine rings is 1. The SMILES string of the molecule is Cc1cc(C)c(C(=O)/C=C/c2ccc([N+](=O)[O-])cc2)c(=O)[nH]1. The first-order valence-corrected chi connectivity index (χ1v) is 6.56. The summed E-state index contributed by atoms with van der Waals surface area (Å²) >= 11 is 0. The second kappa shape index (κ2) is 6.17. The van der Waals surface area contributed by atoms with Gasteiger partial charge in [0, 0.05) is 17.8 Å². The maximum absolute atomic E-state index is 12.1. The van der Waals surface area contributed by atoms with E-state index < -0.39 is 16.3 Å². The van der Waals surface area contributed by atoms with Crippen LogP contribution in [0, 0.1) is 24.0 Å². The van der Waals surface area contributed by atoms with Crippen LogP contribution in [0.1, 0.15) is 27.2 Å². The van der Waals surface area contributed by atoms with E-state index in [0.29, 0.717) is 16.8 Å². The monoisotopic (exact) mass is 298 g/mol. The van der Waals surface area contributed by atoms with E-state index in [-0.39, 0.29) is 11.3 Å². The smallest absolute Gasteiger partial charge is 0.269 e. The number of nitrogens with zero attached hydrogens (tertiary/aromatic N) is 1. The standard InChI is InChI=1S/C16H14N2O4/c1-10-9-11(2)17-16(20)15(10)14(19)8-5-12-3-6-13(7-4-12)18(21)22/h3-9H,1-2H3,(H,17,20)/b8-5+. The zero-order valence-electron chi connectivity index (χ0n) is 12.1. The van der Waals surface area contributed by atoms with E-state index in [1.807, 2.05) is 0 Å². The molecule has 0 saturated carbocycles. The highest BCUT2D eigenvalue weighted by atomic mass is 16.6. The van der Waals surface area contributed by atoms with E-state index >= 15 is 0 Å². The summed E-state index contributed by atoms with van der Waals surface area (Å²) < 4.78 is 0. The van der Waals surface area contributed by atoms with Gasteiger partial charge < -0.3 is 4.98 Å². The van der Waals surface area contributed by atoms with Crippen LogP contribution in [0.4, 0.5) is 5.69 Å². The minimum atomic E-state index is -0.492. The molecule has 6 heteroatoms. The molecule has 22 heavy (non-hydrogen) atoms. The van der Waals surface area contributed by atoms with E-state index in [1.54, 1.807) is 19.9 Å². The van der Waals surface area contributed by atoms with Crippen molar-refractivity contribution in [1.29, 1.82) is 0 Å². The normalized spacial score (nSPS) is 10.8. The summed E-state index contributed by atoms with van der Waals surface area (Å²) in [7, 11) is 0. The van der Waals surface area contributed by atoms with Crippen molar-refractivity contribution in [3.63, 3.8) is 0 Å². The van der Waals surface area contributed by atoms with Crippen molar-refractivity contribution in [3.05, 3.63) is 79.3 Å². The molecule has 112 valence electrons. The molecule has 0 saturated heterocycles. The molecule has 0 unspecified atom stereocenters. The van der Waals surface area contributed by atoms with Gasteiger partial charge in [-0.15, -0.1) is 0 Å². The third kappa shape index (κ3) is 3.35. The van der Waals surface area contributed by atoms with E-state index in [0.717, 1.165) is 0 Å². The van der Waals surface area contributed by atoms with Gasteiger partial charge >= 0.3 is 0 Å². The Balaban J connectivity index is 2.25. The van der Waals surface area contributed by atoms with Gasteiger partial charge in [0.15, 0.2) is 5.78 Å². The average molecular weight is 298 g/mol. The highest BCUT2D eigenvalue weighted by molar-refractivity contribution is 6.07. The molecular formula is C16H14N2O4. The molecule has 6 nitrogen and oxygen atoms in total. The van der Waals surface area contributed by atoms with Crippen molar-refractivity contribution < 1.29 is 9.72 Å². The van der Waals surface area contributed by atoms with Crippen molar-refractivity contribution >= 4 is 17.5 Å². The maximum Gasteiger partial charge on any atom is 0.269 e. The zero-order chi connectivity index (χ0) is 16.3. The molecule has 0 radical (unpaired) electrons. The molecule has 0 spiro atoms. The first-order chi connectivity index (χ1) is 10.4. The van der Waals surface area contributed by atoms with E-state index in [9.17, 15) is 19.7 Å². The predicted molar refractivity (Wildman–Crippen MR) is 83.0 cm³/mol. The Labute approximate surface area is 126 Å². The van der Waals surface area contributed by atoms with Crippen molar-refractivity contribution in [2.24, 2.45) is 0 Å². The van der Waals surface area contributed by atoms with Crippen LogP contribution in [0.3, 0.4) is 0 Å². The van der Waals surface area contributed by atoms with Gasteiger partial charge in [-0.05, 0) is 49.2 Å². The number of allylic oxidation sites excluding steroid dienone is 1. The number of nitrogens with one attached hydrogen (secondary N) is 1. The van der Waals surface area contributed by atoms with Gasteiger partial charge in [0.25, 0.3) is 11.2 Å². The number of ketones is 1. The summed E-state index contributed by atoms with van der Waals surface area (Å²) in [6, 6.07) is 7.51. The summed E-state index contributed by atoms with van der Waals surface area (Å²) in [5.74, 6) is -0.405. The molecular weight excluding hydrogens is 284 g/mol. The lowest BCUT2D eigenvalue weighted by atomic mass is 10.0. The fourth-order valence-electron chi connectivity index (χ4n) is 2.12. The first-order valence-electron chi connectivity index (χ1n) is 6.56. The van der Waals surface area contributed by atoms with Crippen molar-refractivity contribution in [2.45, 2.75) is 13.8 Å². The lowest BCUT2D eigenvalue weighted by Crippen LogP contribution is -2.19. The molecule has 0 amide bonds. The van der Waals surface area contributed by atoms with Gasteiger partial charge in [-0.3, -0.25) is 19.7 Å². The zero-order valence-corrected chi connectivity index (χ0v) is 12.1. The molecule has 1 aromatic carbocycles. The number of carbonyl (C=O) groups is 1. The summed E-state index contributed by atoms with van der Waals surface area (Å²) in [6.07, 6.45) is 2.80. The molecule has 1 aromatic heterocycles. The molecule has 0 bridgehead atoms. The molecule has 0 fully saturated rings. The first kappa shape index (κ1) is 15.4. The summed E-state index contributed by atoms with van der Waals surface area (Å²) in [6.45, 7) is 3.45. The van der Waals surface area contributed by atoms with E-state index in [4.69, 9.17) is 0 Å². The minimum Gasteiger partial charge on any atom is -0.326 e. The van der Waals surface area contributed by atoms with Gasteiger partial charge in [0.1, 0.15) is 0 Å². The molecule has 0 aliphatic carbocycles. The number of hydrogen-bond donors (Lipinski definition) is 1. The lowest BCUT2D eigenvalue weighted by Gasteiger charge is -2.02. The highest BCUT2D eigenvalue weighted by Gasteiger charge is 2.11. The van der Waals surface area contributed by atoms with Crippen LogP contribution in [0.2, 0.25) is 0 Å². The number of benzene rings is 1. The molecule has 0 atom stereocenters. The number of carbonyl (C=O) groups excluding carboxylic acids is 1. The van der Waals surface area contributed by atoms with Crippen molar-refractivity contribution in [2.75, 3.05) is 0 Å². The van der Waals surface area contributed by atoms with E-state index in [1.165, 1.54) is 36.4 Å². The number of aromatic amines is 1. The molecule has 2 rings (SSSR count). The number of H-pyrrole nitrogens is 1. The van der Waals surface area contributed by atoms with Gasteiger partial charge in [-0.25, -0.2) is 0 Å². The molecule has 2 aromatic rings. The largest absolute Gasteiger partial charge is 0.326 e. The minimum absolute atomic E-state index is 0.0192. The van der Waals surface area contributed by atoms with Gasteiger partial charge in [-0.1, -0.05) is 6.08 Å².